The summed E-state index contributed by atoms with van der Waals surface area (Å²) < 4.78 is 10.00. The Morgan fingerprint density at radius 2 is 1.11 bits per heavy atom. The Morgan fingerprint density at radius 3 is 1.50 bits per heavy atom. The van der Waals surface area contributed by atoms with Gasteiger partial charge in [0.25, 0.3) is 0 Å². The van der Waals surface area contributed by atoms with Crippen LogP contribution >= 0.6 is 0 Å². The number of hydrogen-bond acceptors (Lipinski definition) is 4. The third-order valence-electron chi connectivity index (χ3n) is 4.90. The number of ether oxygens (including phenoxy) is 2. The molecule has 0 aliphatic rings. The molecule has 0 saturated heterocycles. The van der Waals surface area contributed by atoms with Crippen molar-refractivity contribution in [1.82, 2.24) is 0 Å². The molecule has 0 heterocycles. The normalized spacial score (nSPS) is 11.8. The fraction of sp³-hybridized carbons (Fsp3) is 0.833. The summed E-state index contributed by atoms with van der Waals surface area (Å²) in [6, 6.07) is 0. The van der Waals surface area contributed by atoms with E-state index in [9.17, 15) is 9.59 Å². The molecule has 0 aromatic heterocycles. The number of carbonyl (C=O) groups excluding carboxylic acids is 2. The SMILES string of the molecule is C=C(C)C(=O)OC(C)OC(=O)CCCCCCCCCCCCCCCCC. The van der Waals surface area contributed by atoms with Gasteiger partial charge in [0.2, 0.25) is 6.29 Å². The summed E-state index contributed by atoms with van der Waals surface area (Å²) in [5.41, 5.74) is 0.297. The van der Waals surface area contributed by atoms with Gasteiger partial charge in [-0.1, -0.05) is 103 Å². The molecule has 0 bridgehead atoms. The van der Waals surface area contributed by atoms with Gasteiger partial charge < -0.3 is 9.47 Å². The zero-order valence-electron chi connectivity index (χ0n) is 18.7. The molecule has 4 heteroatoms. The monoisotopic (exact) mass is 396 g/mol. The van der Waals surface area contributed by atoms with Crippen molar-refractivity contribution < 1.29 is 19.1 Å². The third kappa shape index (κ3) is 18.1. The molecule has 0 spiro atoms. The van der Waals surface area contributed by atoms with E-state index in [0.29, 0.717) is 12.0 Å². The molecule has 0 N–H and O–H groups in total. The van der Waals surface area contributed by atoms with E-state index in [2.05, 4.69) is 13.5 Å². The molecular formula is C24H44O4. The fourth-order valence-electron chi connectivity index (χ4n) is 3.16. The highest BCUT2D eigenvalue weighted by Gasteiger charge is 2.14. The highest BCUT2D eigenvalue weighted by molar-refractivity contribution is 5.87. The molecule has 0 saturated carbocycles. The summed E-state index contributed by atoms with van der Waals surface area (Å²) in [5.74, 6) is -0.844. The highest BCUT2D eigenvalue weighted by atomic mass is 16.7. The zero-order valence-corrected chi connectivity index (χ0v) is 18.7. The molecule has 1 atom stereocenters. The van der Waals surface area contributed by atoms with E-state index in [1.807, 2.05) is 0 Å². The van der Waals surface area contributed by atoms with Crippen LogP contribution in [0.4, 0.5) is 0 Å². The summed E-state index contributed by atoms with van der Waals surface area (Å²) in [5, 5.41) is 0. The van der Waals surface area contributed by atoms with Crippen molar-refractivity contribution in [2.75, 3.05) is 0 Å². The molecular weight excluding hydrogens is 352 g/mol. The Labute approximate surface area is 173 Å². The van der Waals surface area contributed by atoms with Gasteiger partial charge in [0.1, 0.15) is 0 Å². The highest BCUT2D eigenvalue weighted by Crippen LogP contribution is 2.14. The first-order valence-corrected chi connectivity index (χ1v) is 11.5. The van der Waals surface area contributed by atoms with E-state index >= 15 is 0 Å². The first-order chi connectivity index (χ1) is 13.5. The molecule has 0 radical (unpaired) electrons. The van der Waals surface area contributed by atoms with Crippen LogP contribution in [-0.2, 0) is 19.1 Å². The molecule has 28 heavy (non-hydrogen) atoms. The van der Waals surface area contributed by atoms with E-state index in [1.165, 1.54) is 83.5 Å². The second-order valence-electron chi connectivity index (χ2n) is 7.94. The maximum absolute atomic E-state index is 11.7. The summed E-state index contributed by atoms with van der Waals surface area (Å²) >= 11 is 0. The summed E-state index contributed by atoms with van der Waals surface area (Å²) in [7, 11) is 0. The molecule has 164 valence electrons. The predicted octanol–water partition coefficient (Wildman–Crippen LogP) is 7.26. The average molecular weight is 397 g/mol. The lowest BCUT2D eigenvalue weighted by Gasteiger charge is -2.13. The van der Waals surface area contributed by atoms with Crippen LogP contribution in [0.15, 0.2) is 12.2 Å². The van der Waals surface area contributed by atoms with Crippen LogP contribution < -0.4 is 0 Å². The Balaban J connectivity index is 3.33. The van der Waals surface area contributed by atoms with Crippen LogP contribution in [0.3, 0.4) is 0 Å². The quantitative estimate of drug-likeness (QED) is 0.0998. The summed E-state index contributed by atoms with van der Waals surface area (Å²) in [6.07, 6.45) is 19.0. The zero-order chi connectivity index (χ0) is 21.0. The van der Waals surface area contributed by atoms with Crippen LogP contribution in [0.5, 0.6) is 0 Å². The predicted molar refractivity (Wildman–Crippen MR) is 116 cm³/mol. The van der Waals surface area contributed by atoms with E-state index in [4.69, 9.17) is 9.47 Å². The van der Waals surface area contributed by atoms with Gasteiger partial charge in [0.15, 0.2) is 0 Å². The van der Waals surface area contributed by atoms with Crippen LogP contribution in [-0.4, -0.2) is 18.2 Å². The smallest absolute Gasteiger partial charge is 0.336 e. The molecule has 0 aromatic carbocycles. The van der Waals surface area contributed by atoms with Crippen LogP contribution in [0.1, 0.15) is 124 Å². The van der Waals surface area contributed by atoms with Crippen molar-refractivity contribution in [2.45, 2.75) is 130 Å². The summed E-state index contributed by atoms with van der Waals surface area (Å²) in [6.45, 7) is 8.87. The lowest BCUT2D eigenvalue weighted by molar-refractivity contribution is -0.181. The average Bonchev–Trinajstić information content (AvgIpc) is 2.64. The topological polar surface area (TPSA) is 52.6 Å². The van der Waals surface area contributed by atoms with Crippen molar-refractivity contribution in [3.8, 4) is 0 Å². The van der Waals surface area contributed by atoms with Crippen molar-refractivity contribution in [2.24, 2.45) is 0 Å². The second kappa shape index (κ2) is 19.0. The van der Waals surface area contributed by atoms with Gasteiger partial charge in [-0.25, -0.2) is 4.79 Å². The summed E-state index contributed by atoms with van der Waals surface area (Å²) in [4.78, 5) is 23.0. The van der Waals surface area contributed by atoms with Crippen molar-refractivity contribution >= 4 is 11.9 Å². The van der Waals surface area contributed by atoms with Crippen molar-refractivity contribution in [3.05, 3.63) is 12.2 Å². The molecule has 0 aromatic rings. The van der Waals surface area contributed by atoms with Crippen LogP contribution in [0.25, 0.3) is 0 Å². The lowest BCUT2D eigenvalue weighted by atomic mass is 10.0. The van der Waals surface area contributed by atoms with Gasteiger partial charge in [-0.2, -0.15) is 0 Å². The Kier molecular flexibility index (Phi) is 18.1. The number of unbranched alkanes of at least 4 members (excludes halogenated alkanes) is 14. The van der Waals surface area contributed by atoms with Gasteiger partial charge >= 0.3 is 11.9 Å². The molecule has 4 nitrogen and oxygen atoms in total. The Hall–Kier alpha value is -1.32. The van der Waals surface area contributed by atoms with Gasteiger partial charge in [-0.15, -0.1) is 0 Å². The minimum absolute atomic E-state index is 0.297. The molecule has 0 aliphatic heterocycles. The maximum atomic E-state index is 11.7. The molecule has 0 amide bonds. The number of rotatable bonds is 19. The number of esters is 2. The molecule has 0 fully saturated rings. The number of carbonyl (C=O) groups is 2. The molecule has 0 aliphatic carbocycles. The van der Waals surface area contributed by atoms with Crippen LogP contribution in [0, 0.1) is 0 Å². The molecule has 0 rings (SSSR count). The minimum Gasteiger partial charge on any atom is -0.425 e. The third-order valence-corrected chi connectivity index (χ3v) is 4.90. The van der Waals surface area contributed by atoms with E-state index in [-0.39, 0.29) is 5.97 Å². The standard InChI is InChI=1S/C24H44O4/c1-5-6-7-8-9-10-11-12-13-14-15-16-17-18-19-20-23(25)27-22(4)28-24(26)21(2)3/h22H,2,5-20H2,1,3-4H3. The van der Waals surface area contributed by atoms with Crippen molar-refractivity contribution in [3.63, 3.8) is 0 Å². The van der Waals surface area contributed by atoms with Gasteiger partial charge in [-0.3, -0.25) is 4.79 Å². The number of hydrogen-bond donors (Lipinski definition) is 0. The Morgan fingerprint density at radius 1 is 0.714 bits per heavy atom. The van der Waals surface area contributed by atoms with E-state index in [1.54, 1.807) is 13.8 Å². The van der Waals surface area contributed by atoms with Gasteiger partial charge in [-0.05, 0) is 13.3 Å². The molecule has 1 unspecified atom stereocenters. The van der Waals surface area contributed by atoms with E-state index < -0.39 is 12.3 Å². The minimum atomic E-state index is -0.854. The van der Waals surface area contributed by atoms with Gasteiger partial charge in [0, 0.05) is 18.9 Å². The first kappa shape index (κ1) is 26.7. The fourth-order valence-corrected chi connectivity index (χ4v) is 3.16. The van der Waals surface area contributed by atoms with Crippen molar-refractivity contribution in [1.29, 1.82) is 0 Å². The maximum Gasteiger partial charge on any atom is 0.336 e. The largest absolute Gasteiger partial charge is 0.425 e. The lowest BCUT2D eigenvalue weighted by Crippen LogP contribution is -2.21. The van der Waals surface area contributed by atoms with Crippen LogP contribution in [0.2, 0.25) is 0 Å². The van der Waals surface area contributed by atoms with E-state index in [0.717, 1.165) is 12.8 Å². The Bertz CT molecular complexity index is 417. The first-order valence-electron chi connectivity index (χ1n) is 11.5. The second-order valence-corrected chi connectivity index (χ2v) is 7.94. The van der Waals surface area contributed by atoms with Gasteiger partial charge in [0.05, 0.1) is 0 Å².